The summed E-state index contributed by atoms with van der Waals surface area (Å²) < 4.78 is 0. The Labute approximate surface area is 121 Å². The third kappa shape index (κ3) is 13.7. The van der Waals surface area contributed by atoms with Crippen LogP contribution in [0.2, 0.25) is 0 Å². The Balaban J connectivity index is 0. The van der Waals surface area contributed by atoms with Gasteiger partial charge in [0.2, 0.25) is 11.8 Å². The first kappa shape index (κ1) is 20.0. The second-order valence-electron chi connectivity index (χ2n) is 4.44. The average Bonchev–Trinajstić information content (AvgIpc) is 2.34. The molecule has 4 N–H and O–H groups in total. The van der Waals surface area contributed by atoms with Crippen LogP contribution in [0, 0.1) is 13.8 Å². The zero-order chi connectivity index (χ0) is 16.3. The van der Waals surface area contributed by atoms with Crippen molar-refractivity contribution in [3.8, 4) is 0 Å². The lowest BCUT2D eigenvalue weighted by molar-refractivity contribution is -0.115. The molecule has 1 rings (SSSR count). The zero-order valence-corrected chi connectivity index (χ0v) is 12.7. The minimum absolute atomic E-state index is 0.398. The first-order chi connectivity index (χ1) is 9.07. The molecule has 0 bridgehead atoms. The maximum absolute atomic E-state index is 9.82. The number of nitrogens with two attached hydrogens (primary N) is 2. The van der Waals surface area contributed by atoms with Gasteiger partial charge in [-0.05, 0) is 27.7 Å². The minimum atomic E-state index is -0.435. The van der Waals surface area contributed by atoms with Gasteiger partial charge in [-0.15, -0.1) is 0 Å². The molecule has 1 aromatic carbocycles. The van der Waals surface area contributed by atoms with E-state index in [-0.39, 0.29) is 0 Å². The van der Waals surface area contributed by atoms with Gasteiger partial charge in [-0.1, -0.05) is 48.6 Å². The Morgan fingerprint density at radius 1 is 0.800 bits per heavy atom. The van der Waals surface area contributed by atoms with Gasteiger partial charge in [-0.2, -0.15) is 0 Å². The summed E-state index contributed by atoms with van der Waals surface area (Å²) in [6.07, 6.45) is 0. The van der Waals surface area contributed by atoms with Crippen molar-refractivity contribution in [1.29, 1.82) is 0 Å². The average molecular weight is 276 g/mol. The molecule has 0 aliphatic rings. The van der Waals surface area contributed by atoms with E-state index in [1.54, 1.807) is 13.8 Å². The van der Waals surface area contributed by atoms with Crippen molar-refractivity contribution in [2.75, 3.05) is 0 Å². The van der Waals surface area contributed by atoms with Gasteiger partial charge in [0.25, 0.3) is 0 Å². The summed E-state index contributed by atoms with van der Waals surface area (Å²) in [6, 6.07) is 8.48. The Morgan fingerprint density at radius 2 is 0.950 bits per heavy atom. The van der Waals surface area contributed by atoms with Crippen LogP contribution in [0.25, 0.3) is 0 Å². The summed E-state index contributed by atoms with van der Waals surface area (Å²) >= 11 is 0. The van der Waals surface area contributed by atoms with Crippen LogP contribution in [0.4, 0.5) is 0 Å². The molecule has 110 valence electrons. The van der Waals surface area contributed by atoms with Crippen molar-refractivity contribution in [2.45, 2.75) is 27.7 Å². The van der Waals surface area contributed by atoms with Crippen LogP contribution in [0.3, 0.4) is 0 Å². The lowest BCUT2D eigenvalue weighted by Crippen LogP contribution is -2.10. The summed E-state index contributed by atoms with van der Waals surface area (Å²) in [4.78, 5) is 19.6. The van der Waals surface area contributed by atoms with Gasteiger partial charge in [-0.25, -0.2) is 0 Å². The Hall–Kier alpha value is -2.36. The fourth-order valence-electron chi connectivity index (χ4n) is 0.637. The number of hydrogen-bond acceptors (Lipinski definition) is 2. The smallest absolute Gasteiger partial charge is 0.243 e. The second kappa shape index (κ2) is 10.6. The fraction of sp³-hybridized carbons (Fsp3) is 0.250. The highest BCUT2D eigenvalue weighted by molar-refractivity contribution is 5.90. The third-order valence-corrected chi connectivity index (χ3v) is 2.06. The number of benzene rings is 1. The van der Waals surface area contributed by atoms with Crippen molar-refractivity contribution >= 4 is 11.8 Å². The van der Waals surface area contributed by atoms with Crippen LogP contribution in [0.5, 0.6) is 0 Å². The molecule has 20 heavy (non-hydrogen) atoms. The van der Waals surface area contributed by atoms with Gasteiger partial charge >= 0.3 is 0 Å². The molecule has 2 amide bonds. The molecule has 0 aliphatic carbocycles. The van der Waals surface area contributed by atoms with Crippen LogP contribution < -0.4 is 11.5 Å². The van der Waals surface area contributed by atoms with Crippen LogP contribution in [0.1, 0.15) is 25.0 Å². The SMILES string of the molecule is C=C(C)C(N)=O.C=C(C)C(N)=O.Cc1ccc(C)cc1. The molecule has 1 aromatic rings. The summed E-state index contributed by atoms with van der Waals surface area (Å²) in [5.41, 5.74) is 12.8. The van der Waals surface area contributed by atoms with Crippen molar-refractivity contribution in [1.82, 2.24) is 0 Å². The normalized spacial score (nSPS) is 8.20. The predicted octanol–water partition coefficient (Wildman–Crippen LogP) is 2.40. The number of hydrogen-bond donors (Lipinski definition) is 2. The molecule has 0 fully saturated rings. The lowest BCUT2D eigenvalue weighted by atomic mass is 10.2. The van der Waals surface area contributed by atoms with E-state index in [1.165, 1.54) is 11.1 Å². The minimum Gasteiger partial charge on any atom is -0.366 e. The van der Waals surface area contributed by atoms with E-state index >= 15 is 0 Å². The first-order valence-corrected chi connectivity index (χ1v) is 6.01. The molecule has 4 heteroatoms. The molecule has 0 radical (unpaired) electrons. The molecule has 0 spiro atoms. The molecule has 0 heterocycles. The number of carbonyl (C=O) groups excluding carboxylic acids is 2. The van der Waals surface area contributed by atoms with Crippen molar-refractivity contribution in [3.63, 3.8) is 0 Å². The molecule has 0 aliphatic heterocycles. The number of aryl methyl sites for hydroxylation is 2. The number of amides is 2. The zero-order valence-electron chi connectivity index (χ0n) is 12.7. The van der Waals surface area contributed by atoms with Gasteiger partial charge in [0.15, 0.2) is 0 Å². The molecule has 0 atom stereocenters. The summed E-state index contributed by atoms with van der Waals surface area (Å²) in [7, 11) is 0. The van der Waals surface area contributed by atoms with E-state index in [1.807, 2.05) is 0 Å². The molecule has 0 unspecified atom stereocenters. The third-order valence-electron chi connectivity index (χ3n) is 2.06. The van der Waals surface area contributed by atoms with Gasteiger partial charge in [0.05, 0.1) is 0 Å². The van der Waals surface area contributed by atoms with E-state index < -0.39 is 11.8 Å². The van der Waals surface area contributed by atoms with E-state index in [0.29, 0.717) is 11.1 Å². The predicted molar refractivity (Wildman–Crippen MR) is 83.9 cm³/mol. The monoisotopic (exact) mass is 276 g/mol. The molecule has 4 nitrogen and oxygen atoms in total. The van der Waals surface area contributed by atoms with E-state index in [4.69, 9.17) is 11.5 Å². The van der Waals surface area contributed by atoms with Gasteiger partial charge < -0.3 is 11.5 Å². The van der Waals surface area contributed by atoms with Crippen molar-refractivity contribution in [2.24, 2.45) is 11.5 Å². The Bertz CT molecular complexity index is 405. The molecular weight excluding hydrogens is 252 g/mol. The van der Waals surface area contributed by atoms with E-state index in [0.717, 1.165) is 0 Å². The summed E-state index contributed by atoms with van der Waals surface area (Å²) in [5, 5.41) is 0. The van der Waals surface area contributed by atoms with Gasteiger partial charge in [0, 0.05) is 11.1 Å². The Morgan fingerprint density at radius 3 is 1.05 bits per heavy atom. The van der Waals surface area contributed by atoms with Crippen molar-refractivity contribution < 1.29 is 9.59 Å². The Kier molecular flexibility index (Phi) is 10.5. The topological polar surface area (TPSA) is 86.2 Å². The highest BCUT2D eigenvalue weighted by Crippen LogP contribution is 1.99. The summed E-state index contributed by atoms with van der Waals surface area (Å²) in [6.45, 7) is 13.9. The van der Waals surface area contributed by atoms with Crippen LogP contribution in [0.15, 0.2) is 48.6 Å². The van der Waals surface area contributed by atoms with Crippen LogP contribution >= 0.6 is 0 Å². The maximum atomic E-state index is 9.82. The highest BCUT2D eigenvalue weighted by atomic mass is 16.1. The van der Waals surface area contributed by atoms with Crippen molar-refractivity contribution in [3.05, 3.63) is 59.7 Å². The lowest BCUT2D eigenvalue weighted by Gasteiger charge is -1.90. The van der Waals surface area contributed by atoms with E-state index in [2.05, 4.69) is 51.3 Å². The number of rotatable bonds is 2. The molecule has 0 saturated carbocycles. The quantitative estimate of drug-likeness (QED) is 0.813. The van der Waals surface area contributed by atoms with Crippen LogP contribution in [-0.4, -0.2) is 11.8 Å². The molecule has 0 aromatic heterocycles. The van der Waals surface area contributed by atoms with Gasteiger partial charge in [-0.3, -0.25) is 9.59 Å². The maximum Gasteiger partial charge on any atom is 0.243 e. The largest absolute Gasteiger partial charge is 0.366 e. The van der Waals surface area contributed by atoms with Gasteiger partial charge in [0.1, 0.15) is 0 Å². The van der Waals surface area contributed by atoms with E-state index in [9.17, 15) is 9.59 Å². The van der Waals surface area contributed by atoms with Crippen LogP contribution in [-0.2, 0) is 9.59 Å². The standard InChI is InChI=1S/C8H10.2C4H7NO/c1-7-3-5-8(2)6-4-7;2*1-3(2)4(5)6/h3-6H,1-2H3;2*1H2,2H3,(H2,5,6). The molecular formula is C16H24N2O2. The summed E-state index contributed by atoms with van der Waals surface area (Å²) in [5.74, 6) is -0.870. The first-order valence-electron chi connectivity index (χ1n) is 6.01. The second-order valence-corrected chi connectivity index (χ2v) is 4.44. The molecule has 0 saturated heterocycles. The fourth-order valence-corrected chi connectivity index (χ4v) is 0.637. The number of primary amides is 2. The highest BCUT2D eigenvalue weighted by Gasteiger charge is 1.87. The number of carbonyl (C=O) groups is 2.